The number of likely N-dealkylation sites (N-methyl/N-ethyl adjacent to an activating group) is 1. The minimum Gasteiger partial charge on any atom is -0.459 e. The maximum atomic E-state index is 12.1. The molecule has 1 aromatic carbocycles. The molecule has 0 radical (unpaired) electrons. The second-order valence-electron chi connectivity index (χ2n) is 6.35. The highest BCUT2D eigenvalue weighted by Crippen LogP contribution is 2.64. The summed E-state index contributed by atoms with van der Waals surface area (Å²) in [6.45, 7) is 0. The van der Waals surface area contributed by atoms with Gasteiger partial charge in [-0.3, -0.25) is 0 Å². The average molecular weight is 273 g/mol. The zero-order chi connectivity index (χ0) is 13.9. The van der Waals surface area contributed by atoms with Gasteiger partial charge in [0.2, 0.25) is 0 Å². The van der Waals surface area contributed by atoms with E-state index in [2.05, 4.69) is 19.0 Å². The predicted molar refractivity (Wildman–Crippen MR) is 73.4 cm³/mol. The smallest absolute Gasteiger partial charge is 0.338 e. The number of carbonyl (C=O) groups excluding carboxylic acids is 1. The summed E-state index contributed by atoms with van der Waals surface area (Å²) < 4.78 is 11.4. The Bertz CT molecular complexity index is 540. The highest BCUT2D eigenvalue weighted by Gasteiger charge is 2.77. The van der Waals surface area contributed by atoms with Gasteiger partial charge < -0.3 is 14.4 Å². The standard InChI is InChI=1S/C16H19NO3/c1-17(2)16-9-11(8-12(16)13-14(16)20-13)19-15(18)10-6-4-3-5-7-10/h3-7,11-14H,8-9H2,1-2H3/t11?,12?,13-,14?,16?/m1/s1. The number of fused-ring (bicyclic) bond motifs is 4. The van der Waals surface area contributed by atoms with Crippen LogP contribution in [0.2, 0.25) is 0 Å². The van der Waals surface area contributed by atoms with Crippen molar-refractivity contribution in [3.05, 3.63) is 35.9 Å². The summed E-state index contributed by atoms with van der Waals surface area (Å²) in [4.78, 5) is 14.4. The van der Waals surface area contributed by atoms with Gasteiger partial charge in [-0.05, 0) is 32.6 Å². The van der Waals surface area contributed by atoms with Crippen molar-refractivity contribution in [3.8, 4) is 0 Å². The molecule has 4 nitrogen and oxygen atoms in total. The average Bonchev–Trinajstić information content (AvgIpc) is 3.10. The van der Waals surface area contributed by atoms with Gasteiger partial charge in [0.1, 0.15) is 12.2 Å². The fourth-order valence-corrected chi connectivity index (χ4v) is 4.20. The van der Waals surface area contributed by atoms with Crippen LogP contribution in [0, 0.1) is 5.92 Å². The van der Waals surface area contributed by atoms with E-state index in [1.54, 1.807) is 12.1 Å². The summed E-state index contributed by atoms with van der Waals surface area (Å²) in [6.07, 6.45) is 2.62. The van der Waals surface area contributed by atoms with E-state index in [0.717, 1.165) is 12.8 Å². The molecular formula is C16H19NO3. The molecule has 0 amide bonds. The lowest BCUT2D eigenvalue weighted by Crippen LogP contribution is -2.61. The summed E-state index contributed by atoms with van der Waals surface area (Å²) in [5.41, 5.74) is 0.735. The summed E-state index contributed by atoms with van der Waals surface area (Å²) in [5, 5.41) is 0. The summed E-state index contributed by atoms with van der Waals surface area (Å²) >= 11 is 0. The van der Waals surface area contributed by atoms with Gasteiger partial charge in [-0.25, -0.2) is 4.79 Å². The van der Waals surface area contributed by atoms with Gasteiger partial charge in [0.05, 0.1) is 17.2 Å². The van der Waals surface area contributed by atoms with Gasteiger partial charge in [-0.1, -0.05) is 18.2 Å². The van der Waals surface area contributed by atoms with Crippen molar-refractivity contribution < 1.29 is 14.3 Å². The number of hydrogen-bond donors (Lipinski definition) is 0. The monoisotopic (exact) mass is 273 g/mol. The van der Waals surface area contributed by atoms with Gasteiger partial charge in [-0.2, -0.15) is 0 Å². The molecule has 5 atom stereocenters. The van der Waals surface area contributed by atoms with Gasteiger partial charge in [0.25, 0.3) is 0 Å². The van der Waals surface area contributed by atoms with Crippen LogP contribution in [0.3, 0.4) is 0 Å². The van der Waals surface area contributed by atoms with Gasteiger partial charge in [-0.15, -0.1) is 0 Å². The van der Waals surface area contributed by atoms with E-state index >= 15 is 0 Å². The minimum absolute atomic E-state index is 0.0199. The Balaban J connectivity index is 1.46. The van der Waals surface area contributed by atoms with Crippen molar-refractivity contribution >= 4 is 5.97 Å². The highest BCUT2D eigenvalue weighted by atomic mass is 16.6. The van der Waals surface area contributed by atoms with Crippen LogP contribution >= 0.6 is 0 Å². The lowest BCUT2D eigenvalue weighted by atomic mass is 9.68. The number of rotatable bonds is 3. The van der Waals surface area contributed by atoms with Crippen LogP contribution < -0.4 is 0 Å². The lowest BCUT2D eigenvalue weighted by Gasteiger charge is -2.45. The molecule has 20 heavy (non-hydrogen) atoms. The SMILES string of the molecule is CN(C)C12CC(OC(=O)c3ccccc3)CC1[C@H]1OC12. The van der Waals surface area contributed by atoms with Crippen molar-refractivity contribution in [2.45, 2.75) is 36.7 Å². The molecule has 4 rings (SSSR count). The lowest BCUT2D eigenvalue weighted by molar-refractivity contribution is 0.0216. The van der Waals surface area contributed by atoms with Crippen LogP contribution in [0.25, 0.3) is 0 Å². The molecule has 3 aliphatic rings. The molecule has 3 fully saturated rings. The zero-order valence-electron chi connectivity index (χ0n) is 11.8. The number of epoxide rings is 1. The Hall–Kier alpha value is -1.39. The van der Waals surface area contributed by atoms with Crippen LogP contribution in [-0.4, -0.2) is 48.8 Å². The molecule has 4 heteroatoms. The number of hydrogen-bond acceptors (Lipinski definition) is 4. The van der Waals surface area contributed by atoms with Crippen LogP contribution in [0.15, 0.2) is 30.3 Å². The predicted octanol–water partition coefficient (Wildman–Crippen LogP) is 1.70. The van der Waals surface area contributed by atoms with Crippen molar-refractivity contribution in [2.24, 2.45) is 5.92 Å². The second-order valence-corrected chi connectivity index (χ2v) is 6.35. The molecule has 2 saturated carbocycles. The van der Waals surface area contributed by atoms with Gasteiger partial charge in [0.15, 0.2) is 0 Å². The number of esters is 1. The van der Waals surface area contributed by atoms with E-state index in [1.165, 1.54) is 0 Å². The van der Waals surface area contributed by atoms with E-state index in [9.17, 15) is 4.79 Å². The quantitative estimate of drug-likeness (QED) is 0.621. The van der Waals surface area contributed by atoms with Crippen molar-refractivity contribution in [1.82, 2.24) is 4.90 Å². The third kappa shape index (κ3) is 1.52. The van der Waals surface area contributed by atoms with Gasteiger partial charge in [0, 0.05) is 12.3 Å². The Morgan fingerprint density at radius 2 is 2.10 bits per heavy atom. The molecule has 106 valence electrons. The van der Waals surface area contributed by atoms with Crippen molar-refractivity contribution in [3.63, 3.8) is 0 Å². The van der Waals surface area contributed by atoms with Crippen LogP contribution in [0.1, 0.15) is 23.2 Å². The maximum Gasteiger partial charge on any atom is 0.338 e. The van der Waals surface area contributed by atoms with E-state index in [0.29, 0.717) is 23.7 Å². The van der Waals surface area contributed by atoms with E-state index in [1.807, 2.05) is 18.2 Å². The molecule has 1 saturated heterocycles. The number of nitrogens with zero attached hydrogens (tertiary/aromatic N) is 1. The molecular weight excluding hydrogens is 254 g/mol. The first-order chi connectivity index (χ1) is 9.63. The minimum atomic E-state index is -0.208. The van der Waals surface area contributed by atoms with E-state index < -0.39 is 0 Å². The fourth-order valence-electron chi connectivity index (χ4n) is 4.20. The van der Waals surface area contributed by atoms with Crippen molar-refractivity contribution in [1.29, 1.82) is 0 Å². The molecule has 1 heterocycles. The molecule has 4 unspecified atom stereocenters. The first kappa shape index (κ1) is 12.4. The number of carbonyl (C=O) groups is 1. The summed E-state index contributed by atoms with van der Waals surface area (Å²) in [7, 11) is 4.21. The van der Waals surface area contributed by atoms with E-state index in [-0.39, 0.29) is 17.6 Å². The molecule has 2 aliphatic carbocycles. The first-order valence-corrected chi connectivity index (χ1v) is 7.22. The summed E-state index contributed by atoms with van der Waals surface area (Å²) in [6, 6.07) is 9.22. The van der Waals surface area contributed by atoms with Gasteiger partial charge >= 0.3 is 5.97 Å². The van der Waals surface area contributed by atoms with Crippen molar-refractivity contribution in [2.75, 3.05) is 14.1 Å². The maximum absolute atomic E-state index is 12.1. The van der Waals surface area contributed by atoms with Crippen LogP contribution in [-0.2, 0) is 9.47 Å². The highest BCUT2D eigenvalue weighted by molar-refractivity contribution is 5.89. The second kappa shape index (κ2) is 4.06. The molecule has 0 aromatic heterocycles. The molecule has 1 aromatic rings. The summed E-state index contributed by atoms with van der Waals surface area (Å²) in [5.74, 6) is 0.316. The third-order valence-corrected chi connectivity index (χ3v) is 5.24. The molecule has 0 spiro atoms. The Morgan fingerprint density at radius 1 is 1.35 bits per heavy atom. The normalized spacial score (nSPS) is 40.8. The molecule has 1 aliphatic heterocycles. The molecule has 0 N–H and O–H groups in total. The first-order valence-electron chi connectivity index (χ1n) is 7.22. The number of benzene rings is 1. The Kier molecular flexibility index (Phi) is 2.51. The number of ether oxygens (including phenoxy) is 2. The Morgan fingerprint density at radius 3 is 2.75 bits per heavy atom. The Labute approximate surface area is 118 Å². The molecule has 0 bridgehead atoms. The van der Waals surface area contributed by atoms with E-state index in [4.69, 9.17) is 9.47 Å². The largest absolute Gasteiger partial charge is 0.459 e. The third-order valence-electron chi connectivity index (χ3n) is 5.24. The fraction of sp³-hybridized carbons (Fsp3) is 0.562. The van der Waals surface area contributed by atoms with Crippen LogP contribution in [0.5, 0.6) is 0 Å². The zero-order valence-corrected chi connectivity index (χ0v) is 11.8. The van der Waals surface area contributed by atoms with Crippen LogP contribution in [0.4, 0.5) is 0 Å². The topological polar surface area (TPSA) is 42.1 Å².